The average Bonchev–Trinajstić information content (AvgIpc) is 2.43. The molecule has 21 heavy (non-hydrogen) atoms. The van der Waals surface area contributed by atoms with Gasteiger partial charge in [-0.1, -0.05) is 57.3 Å². The van der Waals surface area contributed by atoms with Crippen LogP contribution in [0.1, 0.15) is 11.1 Å². The normalized spacial score (nSPS) is 12.1. The van der Waals surface area contributed by atoms with E-state index in [4.69, 9.17) is 23.2 Å². The summed E-state index contributed by atoms with van der Waals surface area (Å²) < 4.78 is 0.876. The molecule has 0 saturated heterocycles. The second-order valence-electron chi connectivity index (χ2n) is 4.81. The Bertz CT molecular complexity index is 641. The number of rotatable bonds is 5. The van der Waals surface area contributed by atoms with E-state index in [2.05, 4.69) is 15.9 Å². The summed E-state index contributed by atoms with van der Waals surface area (Å²) in [5.41, 5.74) is 1.78. The number of carboxylic acids is 1. The van der Waals surface area contributed by atoms with E-state index in [1.54, 1.807) is 18.2 Å². The lowest BCUT2D eigenvalue weighted by Crippen LogP contribution is -2.19. The molecule has 2 aromatic rings. The highest BCUT2D eigenvalue weighted by molar-refractivity contribution is 9.10. The molecule has 1 atom stereocenters. The van der Waals surface area contributed by atoms with Crippen LogP contribution in [-0.4, -0.2) is 11.1 Å². The monoisotopic (exact) mass is 386 g/mol. The number of hydrogen-bond donors (Lipinski definition) is 1. The van der Waals surface area contributed by atoms with E-state index in [1.807, 2.05) is 24.3 Å². The van der Waals surface area contributed by atoms with Crippen molar-refractivity contribution in [1.29, 1.82) is 0 Å². The zero-order valence-corrected chi connectivity index (χ0v) is 14.1. The molecular formula is C16H13BrCl2O2. The summed E-state index contributed by atoms with van der Waals surface area (Å²) in [6, 6.07) is 12.7. The number of carboxylic acid groups (broad SMARTS) is 1. The summed E-state index contributed by atoms with van der Waals surface area (Å²) >= 11 is 15.3. The Morgan fingerprint density at radius 2 is 1.76 bits per heavy atom. The second kappa shape index (κ2) is 7.30. The number of benzene rings is 2. The molecule has 0 aliphatic carbocycles. The molecule has 0 spiro atoms. The molecule has 2 nitrogen and oxygen atoms in total. The summed E-state index contributed by atoms with van der Waals surface area (Å²) in [5.74, 6) is -1.35. The zero-order valence-electron chi connectivity index (χ0n) is 11.0. The van der Waals surface area contributed by atoms with Gasteiger partial charge < -0.3 is 5.11 Å². The molecule has 0 bridgehead atoms. The van der Waals surface area contributed by atoms with Gasteiger partial charge in [0.2, 0.25) is 0 Å². The molecule has 0 aliphatic heterocycles. The first-order valence-corrected chi connectivity index (χ1v) is 7.92. The third-order valence-electron chi connectivity index (χ3n) is 3.23. The molecule has 2 rings (SSSR count). The van der Waals surface area contributed by atoms with Crippen molar-refractivity contribution in [3.05, 3.63) is 68.1 Å². The molecular weight excluding hydrogens is 375 g/mol. The van der Waals surface area contributed by atoms with Crippen molar-refractivity contribution >= 4 is 45.1 Å². The maximum atomic E-state index is 11.5. The van der Waals surface area contributed by atoms with Crippen molar-refractivity contribution in [1.82, 2.24) is 0 Å². The van der Waals surface area contributed by atoms with E-state index >= 15 is 0 Å². The number of hydrogen-bond acceptors (Lipinski definition) is 1. The molecule has 1 N–H and O–H groups in total. The fraction of sp³-hybridized carbons (Fsp3) is 0.188. The van der Waals surface area contributed by atoms with Crippen LogP contribution in [0.5, 0.6) is 0 Å². The predicted octanol–water partition coefficient (Wildman–Crippen LogP) is 5.24. The summed E-state index contributed by atoms with van der Waals surface area (Å²) in [5, 5.41) is 10.6. The van der Waals surface area contributed by atoms with Crippen LogP contribution in [0.15, 0.2) is 46.9 Å². The van der Waals surface area contributed by atoms with Crippen LogP contribution < -0.4 is 0 Å². The van der Waals surface area contributed by atoms with Crippen molar-refractivity contribution in [3.63, 3.8) is 0 Å². The van der Waals surface area contributed by atoms with Crippen LogP contribution in [0, 0.1) is 5.92 Å². The Kier molecular flexibility index (Phi) is 5.68. The molecule has 110 valence electrons. The Hall–Kier alpha value is -1.03. The Morgan fingerprint density at radius 1 is 1.10 bits per heavy atom. The number of halogens is 3. The first kappa shape index (κ1) is 16.3. The van der Waals surface area contributed by atoms with Gasteiger partial charge in [0.05, 0.1) is 5.92 Å². The smallest absolute Gasteiger partial charge is 0.307 e. The zero-order chi connectivity index (χ0) is 15.4. The predicted molar refractivity (Wildman–Crippen MR) is 89.1 cm³/mol. The molecule has 0 aliphatic rings. The standard InChI is InChI=1S/C16H13BrCl2O2/c17-13-4-3-11(15(19)9-13)8-12(16(20)21)7-10-1-5-14(18)6-2-10/h1-6,9,12H,7-8H2,(H,20,21). The second-order valence-corrected chi connectivity index (χ2v) is 6.56. The van der Waals surface area contributed by atoms with Crippen LogP contribution in [0.3, 0.4) is 0 Å². The first-order valence-electron chi connectivity index (χ1n) is 6.37. The van der Waals surface area contributed by atoms with E-state index < -0.39 is 11.9 Å². The van der Waals surface area contributed by atoms with Gasteiger partial charge in [-0.25, -0.2) is 0 Å². The number of aliphatic carboxylic acids is 1. The third-order valence-corrected chi connectivity index (χ3v) is 4.32. The summed E-state index contributed by atoms with van der Waals surface area (Å²) in [6.07, 6.45) is 0.836. The fourth-order valence-corrected chi connectivity index (χ4v) is 2.98. The molecule has 5 heteroatoms. The molecule has 0 amide bonds. The van der Waals surface area contributed by atoms with Crippen molar-refractivity contribution in [2.24, 2.45) is 5.92 Å². The van der Waals surface area contributed by atoms with Gasteiger partial charge in [0.1, 0.15) is 0 Å². The SMILES string of the molecule is O=C(O)C(Cc1ccc(Cl)cc1)Cc1ccc(Br)cc1Cl. The molecule has 0 aromatic heterocycles. The fourth-order valence-electron chi connectivity index (χ4n) is 2.10. The van der Waals surface area contributed by atoms with Crippen molar-refractivity contribution in [3.8, 4) is 0 Å². The highest BCUT2D eigenvalue weighted by Gasteiger charge is 2.20. The van der Waals surface area contributed by atoms with Gasteiger partial charge in [-0.3, -0.25) is 4.79 Å². The first-order chi connectivity index (χ1) is 9.95. The minimum Gasteiger partial charge on any atom is -0.481 e. The lowest BCUT2D eigenvalue weighted by atomic mass is 9.92. The van der Waals surface area contributed by atoms with E-state index in [0.717, 1.165) is 15.6 Å². The third kappa shape index (κ3) is 4.73. The summed E-state index contributed by atoms with van der Waals surface area (Å²) in [4.78, 5) is 11.5. The number of carbonyl (C=O) groups is 1. The van der Waals surface area contributed by atoms with Gasteiger partial charge >= 0.3 is 5.97 Å². The highest BCUT2D eigenvalue weighted by Crippen LogP contribution is 2.25. The minimum absolute atomic E-state index is 0.393. The summed E-state index contributed by atoms with van der Waals surface area (Å²) in [6.45, 7) is 0. The average molecular weight is 388 g/mol. The molecule has 0 radical (unpaired) electrons. The topological polar surface area (TPSA) is 37.3 Å². The van der Waals surface area contributed by atoms with E-state index in [9.17, 15) is 9.90 Å². The van der Waals surface area contributed by atoms with Crippen molar-refractivity contribution in [2.45, 2.75) is 12.8 Å². The van der Waals surface area contributed by atoms with E-state index in [-0.39, 0.29) is 0 Å². The lowest BCUT2D eigenvalue weighted by molar-refractivity contribution is -0.141. The molecule has 1 unspecified atom stereocenters. The van der Waals surface area contributed by atoms with Gasteiger partial charge in [-0.05, 0) is 48.2 Å². The largest absolute Gasteiger partial charge is 0.481 e. The molecule has 2 aromatic carbocycles. The molecule has 0 saturated carbocycles. The van der Waals surface area contributed by atoms with Crippen LogP contribution in [-0.2, 0) is 17.6 Å². The van der Waals surface area contributed by atoms with Gasteiger partial charge in [-0.15, -0.1) is 0 Å². The Balaban J connectivity index is 2.15. The Labute approximate surface area is 141 Å². The van der Waals surface area contributed by atoms with Crippen LogP contribution in [0.25, 0.3) is 0 Å². The highest BCUT2D eigenvalue weighted by atomic mass is 79.9. The summed E-state index contributed by atoms with van der Waals surface area (Å²) in [7, 11) is 0. The Morgan fingerprint density at radius 3 is 2.33 bits per heavy atom. The van der Waals surface area contributed by atoms with Gasteiger partial charge in [0, 0.05) is 14.5 Å². The van der Waals surface area contributed by atoms with Gasteiger partial charge in [-0.2, -0.15) is 0 Å². The van der Waals surface area contributed by atoms with Crippen LogP contribution in [0.4, 0.5) is 0 Å². The van der Waals surface area contributed by atoms with Crippen LogP contribution >= 0.6 is 39.1 Å². The van der Waals surface area contributed by atoms with Crippen LogP contribution in [0.2, 0.25) is 10.0 Å². The molecule has 0 fully saturated rings. The van der Waals surface area contributed by atoms with E-state index in [1.165, 1.54) is 0 Å². The maximum absolute atomic E-state index is 11.5. The van der Waals surface area contributed by atoms with Crippen molar-refractivity contribution in [2.75, 3.05) is 0 Å². The van der Waals surface area contributed by atoms with Crippen molar-refractivity contribution < 1.29 is 9.90 Å². The lowest BCUT2D eigenvalue weighted by Gasteiger charge is -2.14. The van der Waals surface area contributed by atoms with Gasteiger partial charge in [0.25, 0.3) is 0 Å². The quantitative estimate of drug-likeness (QED) is 0.761. The maximum Gasteiger partial charge on any atom is 0.307 e. The van der Waals surface area contributed by atoms with Gasteiger partial charge in [0.15, 0.2) is 0 Å². The molecule has 0 heterocycles. The van der Waals surface area contributed by atoms with E-state index in [0.29, 0.717) is 22.9 Å². The minimum atomic E-state index is -0.830.